The molecule has 6 nitrogen and oxygen atoms in total. The summed E-state index contributed by atoms with van der Waals surface area (Å²) in [6.45, 7) is 0. The van der Waals surface area contributed by atoms with Crippen LogP contribution >= 0.6 is 11.6 Å². The van der Waals surface area contributed by atoms with Gasteiger partial charge in [-0.2, -0.15) is 26.6 Å². The van der Waals surface area contributed by atoms with Crippen molar-refractivity contribution in [3.05, 3.63) is 75.2 Å². The highest BCUT2D eigenvalue weighted by Crippen LogP contribution is 2.28. The van der Waals surface area contributed by atoms with Crippen LogP contribution in [-0.2, 0) is 16.5 Å². The van der Waals surface area contributed by atoms with Crippen molar-refractivity contribution < 1.29 is 25.8 Å². The van der Waals surface area contributed by atoms with Crippen molar-refractivity contribution in [2.45, 2.75) is 11.9 Å². The van der Waals surface area contributed by atoms with E-state index in [1.807, 2.05) is 0 Å². The molecule has 142 valence electrons. The molecule has 3 rings (SSSR count). The zero-order chi connectivity index (χ0) is 19.8. The van der Waals surface area contributed by atoms with E-state index in [0.29, 0.717) is 5.56 Å². The Hall–Kier alpha value is -2.59. The van der Waals surface area contributed by atoms with Crippen LogP contribution in [0.15, 0.2) is 53.5 Å². The summed E-state index contributed by atoms with van der Waals surface area (Å²) in [7, 11) is -6.00. The Bertz CT molecular complexity index is 1160. The molecule has 0 spiro atoms. The fraction of sp³-hybridized carbons (Fsp3) is 0.125. The largest absolute Gasteiger partial charge is 0.534 e. The van der Waals surface area contributed by atoms with E-state index < -0.39 is 27.1 Å². The number of nitrogens with zero attached hydrogens (tertiary/aromatic N) is 2. The van der Waals surface area contributed by atoms with Crippen molar-refractivity contribution in [1.82, 2.24) is 9.38 Å². The molecule has 0 aliphatic rings. The molecule has 1 aromatic carbocycles. The Morgan fingerprint density at radius 1 is 1.15 bits per heavy atom. The molecule has 3 aromatic rings. The van der Waals surface area contributed by atoms with Crippen LogP contribution in [0.5, 0.6) is 5.88 Å². The third-order valence-electron chi connectivity index (χ3n) is 3.54. The average molecular weight is 419 g/mol. The van der Waals surface area contributed by atoms with Crippen LogP contribution in [0.25, 0.3) is 5.65 Å². The summed E-state index contributed by atoms with van der Waals surface area (Å²) in [5.74, 6) is -0.941. The topological polar surface area (TPSA) is 77.7 Å². The first-order valence-corrected chi connectivity index (χ1v) is 9.12. The van der Waals surface area contributed by atoms with Crippen molar-refractivity contribution in [2.24, 2.45) is 0 Å². The second kappa shape index (κ2) is 6.86. The summed E-state index contributed by atoms with van der Waals surface area (Å²) in [4.78, 5) is 16.5. The summed E-state index contributed by atoms with van der Waals surface area (Å²) in [5.41, 5.74) is -6.38. The predicted molar refractivity (Wildman–Crippen MR) is 91.3 cm³/mol. The Morgan fingerprint density at radius 2 is 1.81 bits per heavy atom. The molecule has 0 amide bonds. The Kier molecular flexibility index (Phi) is 4.87. The van der Waals surface area contributed by atoms with Gasteiger partial charge in [0.2, 0.25) is 5.88 Å². The van der Waals surface area contributed by atoms with E-state index in [4.69, 9.17) is 11.6 Å². The monoisotopic (exact) mass is 418 g/mol. The van der Waals surface area contributed by atoms with E-state index in [1.165, 1.54) is 18.3 Å². The van der Waals surface area contributed by atoms with Gasteiger partial charge in [0.15, 0.2) is 0 Å². The normalized spacial score (nSPS) is 12.3. The first-order valence-electron chi connectivity index (χ1n) is 7.34. The van der Waals surface area contributed by atoms with E-state index in [-0.39, 0.29) is 22.7 Å². The van der Waals surface area contributed by atoms with Gasteiger partial charge in [0.25, 0.3) is 5.56 Å². The molecule has 0 unspecified atom stereocenters. The number of alkyl halides is 3. The minimum Gasteiger partial charge on any atom is -0.355 e. The van der Waals surface area contributed by atoms with E-state index >= 15 is 0 Å². The zero-order valence-corrected chi connectivity index (χ0v) is 14.8. The van der Waals surface area contributed by atoms with Crippen LogP contribution in [-0.4, -0.2) is 23.3 Å². The molecule has 0 saturated heterocycles. The van der Waals surface area contributed by atoms with Gasteiger partial charge >= 0.3 is 15.6 Å². The van der Waals surface area contributed by atoms with Crippen LogP contribution in [0.4, 0.5) is 13.2 Å². The van der Waals surface area contributed by atoms with E-state index in [1.54, 1.807) is 30.3 Å². The molecular weight excluding hydrogens is 409 g/mol. The number of benzene rings is 1. The number of fused-ring (bicyclic) bond motifs is 1. The van der Waals surface area contributed by atoms with Gasteiger partial charge in [0.05, 0.1) is 5.56 Å². The van der Waals surface area contributed by atoms with E-state index in [0.717, 1.165) is 4.40 Å². The number of rotatable bonds is 4. The number of hydrogen-bond acceptors (Lipinski definition) is 5. The minimum atomic E-state index is -6.00. The third-order valence-corrected chi connectivity index (χ3v) is 4.72. The van der Waals surface area contributed by atoms with Gasteiger partial charge in [0, 0.05) is 23.7 Å². The maximum atomic E-state index is 12.7. The standard InChI is InChI=1S/C16H10ClF3N2O4S/c17-11-6-7-22-13(9-11)21-14(26-27(24,25)16(18,19)20)12(15(22)23)8-10-4-2-1-3-5-10/h1-7,9H,8H2. The minimum absolute atomic E-state index is 0.155. The highest BCUT2D eigenvalue weighted by atomic mass is 35.5. The van der Waals surface area contributed by atoms with Crippen LogP contribution < -0.4 is 9.74 Å². The summed E-state index contributed by atoms with van der Waals surface area (Å²) in [6, 6.07) is 10.9. The molecule has 0 N–H and O–H groups in total. The number of aromatic nitrogens is 2. The maximum Gasteiger partial charge on any atom is 0.534 e. The van der Waals surface area contributed by atoms with Gasteiger partial charge in [-0.1, -0.05) is 41.9 Å². The molecule has 0 aliphatic heterocycles. The van der Waals surface area contributed by atoms with Crippen molar-refractivity contribution in [1.29, 1.82) is 0 Å². The second-order valence-corrected chi connectivity index (χ2v) is 7.39. The highest BCUT2D eigenvalue weighted by molar-refractivity contribution is 7.87. The average Bonchev–Trinajstić information content (AvgIpc) is 2.57. The SMILES string of the molecule is O=c1c(Cc2ccccc2)c(OS(=O)(=O)C(F)(F)F)nc2cc(Cl)ccn12. The predicted octanol–water partition coefficient (Wildman–Crippen LogP) is 3.17. The maximum absolute atomic E-state index is 12.7. The van der Waals surface area contributed by atoms with Crippen LogP contribution in [0.2, 0.25) is 5.02 Å². The molecular formula is C16H10ClF3N2O4S. The summed E-state index contributed by atoms with van der Waals surface area (Å²) < 4.78 is 66.2. The lowest BCUT2D eigenvalue weighted by Crippen LogP contribution is -2.30. The fourth-order valence-electron chi connectivity index (χ4n) is 2.30. The zero-order valence-electron chi connectivity index (χ0n) is 13.3. The molecule has 0 bridgehead atoms. The Morgan fingerprint density at radius 3 is 2.44 bits per heavy atom. The lowest BCUT2D eigenvalue weighted by atomic mass is 10.1. The molecule has 0 fully saturated rings. The van der Waals surface area contributed by atoms with Crippen molar-refractivity contribution in [2.75, 3.05) is 0 Å². The van der Waals surface area contributed by atoms with Gasteiger partial charge in [-0.3, -0.25) is 9.20 Å². The smallest absolute Gasteiger partial charge is 0.355 e. The quantitative estimate of drug-likeness (QED) is 0.480. The van der Waals surface area contributed by atoms with Crippen LogP contribution in [0.1, 0.15) is 11.1 Å². The summed E-state index contributed by atoms with van der Waals surface area (Å²) >= 11 is 5.80. The van der Waals surface area contributed by atoms with Crippen LogP contribution in [0, 0.1) is 0 Å². The molecule has 0 radical (unpaired) electrons. The fourth-order valence-corrected chi connectivity index (χ4v) is 2.89. The van der Waals surface area contributed by atoms with Gasteiger partial charge in [-0.05, 0) is 11.6 Å². The first kappa shape index (κ1) is 19.2. The Balaban J connectivity index is 2.22. The Labute approximate surface area is 155 Å². The molecule has 0 aliphatic carbocycles. The van der Waals surface area contributed by atoms with E-state index in [2.05, 4.69) is 9.17 Å². The highest BCUT2D eigenvalue weighted by Gasteiger charge is 2.49. The van der Waals surface area contributed by atoms with Crippen molar-refractivity contribution >= 4 is 27.4 Å². The third kappa shape index (κ3) is 3.91. The second-order valence-electron chi connectivity index (χ2n) is 5.42. The van der Waals surface area contributed by atoms with Gasteiger partial charge < -0.3 is 4.18 Å². The molecule has 0 atom stereocenters. The number of hydrogen-bond donors (Lipinski definition) is 0. The number of halogens is 4. The van der Waals surface area contributed by atoms with E-state index in [9.17, 15) is 26.4 Å². The van der Waals surface area contributed by atoms with Gasteiger partial charge in [-0.25, -0.2) is 0 Å². The van der Waals surface area contributed by atoms with Crippen LogP contribution in [0.3, 0.4) is 0 Å². The van der Waals surface area contributed by atoms with Gasteiger partial charge in [-0.15, -0.1) is 0 Å². The first-order chi connectivity index (χ1) is 12.6. The summed E-state index contributed by atoms with van der Waals surface area (Å²) in [5, 5.41) is 0.155. The lowest BCUT2D eigenvalue weighted by molar-refractivity contribution is -0.0501. The molecule has 11 heteroatoms. The molecule has 0 saturated carbocycles. The molecule has 27 heavy (non-hydrogen) atoms. The lowest BCUT2D eigenvalue weighted by Gasteiger charge is -2.13. The van der Waals surface area contributed by atoms with Crippen molar-refractivity contribution in [3.8, 4) is 5.88 Å². The number of pyridine rings is 1. The molecule has 2 heterocycles. The molecule has 2 aromatic heterocycles. The van der Waals surface area contributed by atoms with Crippen molar-refractivity contribution in [3.63, 3.8) is 0 Å². The van der Waals surface area contributed by atoms with Gasteiger partial charge in [0.1, 0.15) is 5.65 Å². The summed E-state index contributed by atoms with van der Waals surface area (Å²) in [6.07, 6.45) is 1.10.